The maximum atomic E-state index is 11.5. The lowest BCUT2D eigenvalue weighted by atomic mass is 10.2. The first kappa shape index (κ1) is 16.4. The normalized spacial score (nSPS) is 11.5. The van der Waals surface area contributed by atoms with Crippen LogP contribution in [0, 0.1) is 10.1 Å². The van der Waals surface area contributed by atoms with Crippen molar-refractivity contribution in [2.45, 2.75) is 19.0 Å². The standard InChI is InChI=1S/C12H15N3O6/c16-6-5-10(11(17)18)14-12(19)13-7-8-1-3-9(4-2-8)15(20)21/h1-4,10,16H,5-7H2,(H,17,18)(H2,13,14,19)/t10-/m0/s1. The molecule has 21 heavy (non-hydrogen) atoms. The maximum Gasteiger partial charge on any atom is 0.326 e. The van der Waals surface area contributed by atoms with Crippen molar-refractivity contribution >= 4 is 17.7 Å². The number of carbonyl (C=O) groups excluding carboxylic acids is 1. The third-order valence-electron chi connectivity index (χ3n) is 2.62. The first-order valence-electron chi connectivity index (χ1n) is 6.05. The Morgan fingerprint density at radius 1 is 1.29 bits per heavy atom. The SMILES string of the molecule is O=C(NCc1ccc([N+](=O)[O-])cc1)N[C@@H](CCO)C(=O)O. The van der Waals surface area contributed by atoms with E-state index in [4.69, 9.17) is 10.2 Å². The predicted octanol–water partition coefficient (Wildman–Crippen LogP) is 0.230. The number of aliphatic carboxylic acids is 1. The molecule has 1 aromatic carbocycles. The molecule has 0 aliphatic heterocycles. The molecule has 0 aromatic heterocycles. The summed E-state index contributed by atoms with van der Waals surface area (Å²) in [4.78, 5) is 32.2. The molecule has 0 aliphatic rings. The number of amides is 2. The third-order valence-corrected chi connectivity index (χ3v) is 2.62. The van der Waals surface area contributed by atoms with Gasteiger partial charge in [-0.3, -0.25) is 10.1 Å². The Kier molecular flexibility index (Phi) is 6.08. The van der Waals surface area contributed by atoms with E-state index >= 15 is 0 Å². The Morgan fingerprint density at radius 3 is 2.38 bits per heavy atom. The van der Waals surface area contributed by atoms with Gasteiger partial charge in [-0.25, -0.2) is 9.59 Å². The average Bonchev–Trinajstić information content (AvgIpc) is 2.45. The highest BCUT2D eigenvalue weighted by Crippen LogP contribution is 2.11. The smallest absolute Gasteiger partial charge is 0.326 e. The average molecular weight is 297 g/mol. The Balaban J connectivity index is 2.48. The molecule has 9 nitrogen and oxygen atoms in total. The number of nitro benzene ring substituents is 1. The van der Waals surface area contributed by atoms with Crippen molar-refractivity contribution < 1.29 is 24.7 Å². The van der Waals surface area contributed by atoms with Crippen LogP contribution >= 0.6 is 0 Å². The molecule has 114 valence electrons. The third kappa shape index (κ3) is 5.45. The van der Waals surface area contributed by atoms with Crippen molar-refractivity contribution in [2.75, 3.05) is 6.61 Å². The molecular formula is C12H15N3O6. The van der Waals surface area contributed by atoms with Crippen LogP contribution in [0.5, 0.6) is 0 Å². The Bertz CT molecular complexity index is 516. The van der Waals surface area contributed by atoms with E-state index in [0.29, 0.717) is 5.56 Å². The first-order chi connectivity index (χ1) is 9.93. The highest BCUT2D eigenvalue weighted by molar-refractivity contribution is 5.82. The molecule has 0 aliphatic carbocycles. The van der Waals surface area contributed by atoms with Crippen molar-refractivity contribution in [1.29, 1.82) is 0 Å². The number of benzene rings is 1. The second-order valence-electron chi connectivity index (χ2n) is 4.15. The van der Waals surface area contributed by atoms with E-state index < -0.39 is 23.0 Å². The minimum Gasteiger partial charge on any atom is -0.480 e. The second-order valence-corrected chi connectivity index (χ2v) is 4.15. The summed E-state index contributed by atoms with van der Waals surface area (Å²) in [5.74, 6) is -1.24. The molecule has 1 atom stereocenters. The molecule has 1 rings (SSSR count). The van der Waals surface area contributed by atoms with Gasteiger partial charge in [0, 0.05) is 31.7 Å². The van der Waals surface area contributed by atoms with Crippen molar-refractivity contribution in [1.82, 2.24) is 10.6 Å². The maximum absolute atomic E-state index is 11.5. The molecule has 0 radical (unpaired) electrons. The van der Waals surface area contributed by atoms with E-state index in [2.05, 4.69) is 10.6 Å². The molecule has 4 N–H and O–H groups in total. The summed E-state index contributed by atoms with van der Waals surface area (Å²) >= 11 is 0. The fourth-order valence-electron chi connectivity index (χ4n) is 1.51. The molecular weight excluding hydrogens is 282 g/mol. The minimum atomic E-state index is -1.24. The highest BCUT2D eigenvalue weighted by Gasteiger charge is 2.18. The van der Waals surface area contributed by atoms with Crippen LogP contribution in [-0.2, 0) is 11.3 Å². The molecule has 0 saturated carbocycles. The molecule has 0 fully saturated rings. The Labute approximate surface area is 119 Å². The van der Waals surface area contributed by atoms with Crippen LogP contribution in [-0.4, -0.2) is 39.8 Å². The van der Waals surface area contributed by atoms with E-state index in [1.54, 1.807) is 0 Å². The largest absolute Gasteiger partial charge is 0.480 e. The number of carbonyl (C=O) groups is 2. The fourth-order valence-corrected chi connectivity index (χ4v) is 1.51. The molecule has 2 amide bonds. The van der Waals surface area contributed by atoms with Gasteiger partial charge in [-0.2, -0.15) is 0 Å². The number of nitrogens with zero attached hydrogens (tertiary/aromatic N) is 1. The summed E-state index contributed by atoms with van der Waals surface area (Å²) in [6, 6.07) is 3.71. The fraction of sp³-hybridized carbons (Fsp3) is 0.333. The summed E-state index contributed by atoms with van der Waals surface area (Å²) < 4.78 is 0. The lowest BCUT2D eigenvalue weighted by molar-refractivity contribution is -0.384. The van der Waals surface area contributed by atoms with Crippen molar-refractivity contribution in [3.63, 3.8) is 0 Å². The number of nitro groups is 1. The molecule has 0 unspecified atom stereocenters. The van der Waals surface area contributed by atoms with Crippen LogP contribution in [0.2, 0.25) is 0 Å². The van der Waals surface area contributed by atoms with Gasteiger partial charge in [0.1, 0.15) is 6.04 Å². The van der Waals surface area contributed by atoms with E-state index in [0.717, 1.165) is 0 Å². The van der Waals surface area contributed by atoms with Crippen molar-refractivity contribution in [3.8, 4) is 0 Å². The molecule has 0 heterocycles. The molecule has 9 heteroatoms. The van der Waals surface area contributed by atoms with Crippen molar-refractivity contribution in [2.24, 2.45) is 0 Å². The quantitative estimate of drug-likeness (QED) is 0.419. The van der Waals surface area contributed by atoms with Gasteiger partial charge in [0.2, 0.25) is 0 Å². The van der Waals surface area contributed by atoms with Crippen LogP contribution in [0.25, 0.3) is 0 Å². The number of carboxylic acid groups (broad SMARTS) is 1. The van der Waals surface area contributed by atoms with Gasteiger partial charge in [0.05, 0.1) is 4.92 Å². The number of hydrogen-bond acceptors (Lipinski definition) is 5. The minimum absolute atomic E-state index is 0.0583. The van der Waals surface area contributed by atoms with Gasteiger partial charge in [-0.15, -0.1) is 0 Å². The molecule has 0 saturated heterocycles. The van der Waals surface area contributed by atoms with Gasteiger partial charge in [0.15, 0.2) is 0 Å². The summed E-state index contributed by atoms with van der Waals surface area (Å²) in [6.07, 6.45) is -0.0969. The number of aliphatic hydroxyl groups excluding tert-OH is 1. The summed E-state index contributed by atoms with van der Waals surface area (Å²) in [7, 11) is 0. The van der Waals surface area contributed by atoms with Crippen LogP contribution in [0.1, 0.15) is 12.0 Å². The summed E-state index contributed by atoms with van der Waals surface area (Å²) in [5.41, 5.74) is 0.571. The lowest BCUT2D eigenvalue weighted by Crippen LogP contribution is -2.46. The topological polar surface area (TPSA) is 142 Å². The van der Waals surface area contributed by atoms with Crippen LogP contribution in [0.4, 0.5) is 10.5 Å². The Hall–Kier alpha value is -2.68. The van der Waals surface area contributed by atoms with Gasteiger partial charge in [0.25, 0.3) is 5.69 Å². The van der Waals surface area contributed by atoms with Crippen LogP contribution in [0.3, 0.4) is 0 Å². The number of rotatable bonds is 7. The van der Waals surface area contributed by atoms with Gasteiger partial charge >= 0.3 is 12.0 Å². The number of non-ortho nitro benzene ring substituents is 1. The van der Waals surface area contributed by atoms with Crippen LogP contribution in [0.15, 0.2) is 24.3 Å². The zero-order valence-electron chi connectivity index (χ0n) is 11.0. The van der Waals surface area contributed by atoms with Crippen molar-refractivity contribution in [3.05, 3.63) is 39.9 Å². The number of carboxylic acids is 1. The number of nitrogens with one attached hydrogen (secondary N) is 2. The lowest BCUT2D eigenvalue weighted by Gasteiger charge is -2.14. The molecule has 0 spiro atoms. The summed E-state index contributed by atoms with van der Waals surface area (Å²) in [5, 5.41) is 32.6. The van der Waals surface area contributed by atoms with Gasteiger partial charge < -0.3 is 20.8 Å². The molecule has 1 aromatic rings. The number of aliphatic hydroxyl groups is 1. The predicted molar refractivity (Wildman–Crippen MR) is 71.6 cm³/mol. The monoisotopic (exact) mass is 297 g/mol. The second kappa shape index (κ2) is 7.80. The van der Waals surface area contributed by atoms with E-state index in [-0.39, 0.29) is 25.3 Å². The van der Waals surface area contributed by atoms with Crippen LogP contribution < -0.4 is 10.6 Å². The number of urea groups is 1. The summed E-state index contributed by atoms with van der Waals surface area (Å²) in [6.45, 7) is -0.269. The first-order valence-corrected chi connectivity index (χ1v) is 6.05. The highest BCUT2D eigenvalue weighted by atomic mass is 16.6. The van der Waals surface area contributed by atoms with Gasteiger partial charge in [-0.05, 0) is 5.56 Å². The van der Waals surface area contributed by atoms with E-state index in [1.807, 2.05) is 0 Å². The van der Waals surface area contributed by atoms with E-state index in [1.165, 1.54) is 24.3 Å². The van der Waals surface area contributed by atoms with Gasteiger partial charge in [-0.1, -0.05) is 12.1 Å². The zero-order valence-corrected chi connectivity index (χ0v) is 11.0. The number of hydrogen-bond donors (Lipinski definition) is 4. The molecule has 0 bridgehead atoms. The van der Waals surface area contributed by atoms with E-state index in [9.17, 15) is 19.7 Å². The zero-order chi connectivity index (χ0) is 15.8. The Morgan fingerprint density at radius 2 is 1.90 bits per heavy atom.